The number of nitrogens with one attached hydrogen (secondary N) is 3. The molecule has 2 aromatic carbocycles. The van der Waals surface area contributed by atoms with E-state index in [1.54, 1.807) is 24.3 Å². The number of H-pyrrole nitrogens is 1. The third kappa shape index (κ3) is 4.76. The number of carbonyl (C=O) groups is 3. The van der Waals surface area contributed by atoms with Crippen LogP contribution in [0.3, 0.4) is 0 Å². The van der Waals surface area contributed by atoms with E-state index < -0.39 is 5.97 Å². The van der Waals surface area contributed by atoms with Crippen LogP contribution in [0.4, 0.5) is 5.69 Å². The lowest BCUT2D eigenvalue weighted by molar-refractivity contribution is -0.141. The highest BCUT2D eigenvalue weighted by Gasteiger charge is 2.11. The van der Waals surface area contributed by atoms with E-state index in [1.165, 1.54) is 7.11 Å². The number of rotatable bonds is 6. The number of methoxy groups -OCH3 is 1. The molecule has 0 atom stereocenters. The van der Waals surface area contributed by atoms with Crippen molar-refractivity contribution in [1.82, 2.24) is 10.3 Å². The molecule has 3 N–H and O–H groups in total. The Bertz CT molecular complexity index is 1020. The van der Waals surface area contributed by atoms with Crippen molar-refractivity contribution in [3.05, 3.63) is 65.4 Å². The van der Waals surface area contributed by atoms with Crippen molar-refractivity contribution >= 4 is 34.4 Å². The van der Waals surface area contributed by atoms with Crippen LogP contribution in [0.1, 0.15) is 21.6 Å². The first-order valence-electron chi connectivity index (χ1n) is 8.78. The van der Waals surface area contributed by atoms with Gasteiger partial charge in [0, 0.05) is 16.6 Å². The van der Waals surface area contributed by atoms with Gasteiger partial charge in [0.1, 0.15) is 12.2 Å². The Kier molecular flexibility index (Phi) is 5.74. The smallest absolute Gasteiger partial charge is 0.325 e. The number of aromatic amines is 1. The molecular formula is C21H21N3O4. The largest absolute Gasteiger partial charge is 0.468 e. The fourth-order valence-corrected chi connectivity index (χ4v) is 2.76. The standard InChI is InChI=1S/C21H21N3O4/c1-13-3-6-15-11-18(24-17(15)9-13)21(27)23-16-7-4-14(5-8-16)10-19(25)22-12-20(26)28-2/h3-9,11,24H,10,12H2,1-2H3,(H,22,25)(H,23,27). The second-order valence-corrected chi connectivity index (χ2v) is 6.45. The SMILES string of the molecule is COC(=O)CNC(=O)Cc1ccc(NC(=O)c2cc3ccc(C)cc3[nH]2)cc1. The molecule has 144 valence electrons. The van der Waals surface area contributed by atoms with Crippen molar-refractivity contribution < 1.29 is 19.1 Å². The number of benzene rings is 2. The molecule has 7 nitrogen and oxygen atoms in total. The van der Waals surface area contributed by atoms with Gasteiger partial charge in [0.05, 0.1) is 13.5 Å². The van der Waals surface area contributed by atoms with Gasteiger partial charge in [-0.05, 0) is 42.3 Å². The molecule has 7 heteroatoms. The minimum absolute atomic E-state index is 0.132. The molecule has 0 radical (unpaired) electrons. The Hall–Kier alpha value is -3.61. The van der Waals surface area contributed by atoms with Crippen LogP contribution in [0.25, 0.3) is 10.9 Å². The lowest BCUT2D eigenvalue weighted by atomic mass is 10.1. The first-order chi connectivity index (χ1) is 13.4. The van der Waals surface area contributed by atoms with Crippen LogP contribution in [-0.2, 0) is 20.7 Å². The summed E-state index contributed by atoms with van der Waals surface area (Å²) < 4.78 is 4.47. The zero-order chi connectivity index (χ0) is 20.1. The Morgan fingerprint density at radius 1 is 1.04 bits per heavy atom. The number of hydrogen-bond acceptors (Lipinski definition) is 4. The van der Waals surface area contributed by atoms with Gasteiger partial charge in [0.15, 0.2) is 0 Å². The third-order valence-electron chi connectivity index (χ3n) is 4.26. The quantitative estimate of drug-likeness (QED) is 0.573. The summed E-state index contributed by atoms with van der Waals surface area (Å²) in [6, 6.07) is 14.7. The van der Waals surface area contributed by atoms with Gasteiger partial charge in [0.2, 0.25) is 5.91 Å². The molecule has 0 spiro atoms. The van der Waals surface area contributed by atoms with Gasteiger partial charge in [0.25, 0.3) is 5.91 Å². The molecule has 1 heterocycles. The second-order valence-electron chi connectivity index (χ2n) is 6.45. The summed E-state index contributed by atoms with van der Waals surface area (Å²) in [5, 5.41) is 6.29. The predicted molar refractivity (Wildman–Crippen MR) is 106 cm³/mol. The average Bonchev–Trinajstić information content (AvgIpc) is 3.11. The molecule has 0 saturated carbocycles. The van der Waals surface area contributed by atoms with Crippen LogP contribution in [0.2, 0.25) is 0 Å². The van der Waals surface area contributed by atoms with E-state index in [0.29, 0.717) is 11.4 Å². The molecule has 0 unspecified atom stereocenters. The minimum atomic E-state index is -0.501. The molecule has 0 saturated heterocycles. The van der Waals surface area contributed by atoms with E-state index in [9.17, 15) is 14.4 Å². The Morgan fingerprint density at radius 2 is 1.79 bits per heavy atom. The molecule has 28 heavy (non-hydrogen) atoms. The minimum Gasteiger partial charge on any atom is -0.468 e. The summed E-state index contributed by atoms with van der Waals surface area (Å²) in [6.45, 7) is 1.84. The van der Waals surface area contributed by atoms with Crippen LogP contribution in [-0.4, -0.2) is 36.4 Å². The Labute approximate surface area is 162 Å². The van der Waals surface area contributed by atoms with Gasteiger partial charge in [-0.15, -0.1) is 0 Å². The van der Waals surface area contributed by atoms with E-state index in [1.807, 2.05) is 31.2 Å². The molecular weight excluding hydrogens is 358 g/mol. The molecule has 1 aromatic heterocycles. The lowest BCUT2D eigenvalue weighted by Crippen LogP contribution is -2.31. The number of ether oxygens (including phenoxy) is 1. The van der Waals surface area contributed by atoms with Gasteiger partial charge >= 0.3 is 5.97 Å². The van der Waals surface area contributed by atoms with Gasteiger partial charge in [-0.3, -0.25) is 14.4 Å². The summed E-state index contributed by atoms with van der Waals surface area (Å²) in [5.74, 6) is -1.02. The zero-order valence-electron chi connectivity index (χ0n) is 15.7. The first-order valence-corrected chi connectivity index (χ1v) is 8.78. The van der Waals surface area contributed by atoms with Crippen molar-refractivity contribution in [1.29, 1.82) is 0 Å². The number of amides is 2. The van der Waals surface area contributed by atoms with Gasteiger partial charge in [-0.2, -0.15) is 0 Å². The summed E-state index contributed by atoms with van der Waals surface area (Å²) in [4.78, 5) is 38.4. The zero-order valence-corrected chi connectivity index (χ0v) is 15.7. The maximum Gasteiger partial charge on any atom is 0.325 e. The highest BCUT2D eigenvalue weighted by atomic mass is 16.5. The molecule has 3 aromatic rings. The maximum absolute atomic E-state index is 12.5. The highest BCUT2D eigenvalue weighted by Crippen LogP contribution is 2.18. The molecule has 2 amide bonds. The summed E-state index contributed by atoms with van der Waals surface area (Å²) in [5.41, 5.74) is 3.90. The normalized spacial score (nSPS) is 10.5. The van der Waals surface area contributed by atoms with E-state index in [-0.39, 0.29) is 24.8 Å². The number of carbonyl (C=O) groups excluding carboxylic acids is 3. The number of hydrogen-bond donors (Lipinski definition) is 3. The number of anilines is 1. The molecule has 0 bridgehead atoms. The van der Waals surface area contributed by atoms with E-state index in [4.69, 9.17) is 0 Å². The Morgan fingerprint density at radius 3 is 2.50 bits per heavy atom. The van der Waals surface area contributed by atoms with E-state index in [0.717, 1.165) is 22.0 Å². The Balaban J connectivity index is 1.59. The highest BCUT2D eigenvalue weighted by molar-refractivity contribution is 6.06. The van der Waals surface area contributed by atoms with Crippen molar-refractivity contribution in [2.45, 2.75) is 13.3 Å². The summed E-state index contributed by atoms with van der Waals surface area (Å²) in [7, 11) is 1.26. The topological polar surface area (TPSA) is 100 Å². The van der Waals surface area contributed by atoms with E-state index in [2.05, 4.69) is 20.4 Å². The van der Waals surface area contributed by atoms with Gasteiger partial charge in [-0.1, -0.05) is 24.3 Å². The second kappa shape index (κ2) is 8.39. The van der Waals surface area contributed by atoms with Gasteiger partial charge in [-0.25, -0.2) is 0 Å². The van der Waals surface area contributed by atoms with Gasteiger partial charge < -0.3 is 20.4 Å². The van der Waals surface area contributed by atoms with Crippen LogP contribution >= 0.6 is 0 Å². The first kappa shape index (κ1) is 19.2. The van der Waals surface area contributed by atoms with Crippen LogP contribution in [0, 0.1) is 6.92 Å². The molecule has 0 aliphatic heterocycles. The van der Waals surface area contributed by atoms with Crippen molar-refractivity contribution in [3.63, 3.8) is 0 Å². The predicted octanol–water partition coefficient (Wildman–Crippen LogP) is 2.56. The summed E-state index contributed by atoms with van der Waals surface area (Å²) >= 11 is 0. The molecule has 0 aliphatic carbocycles. The fourth-order valence-electron chi connectivity index (χ4n) is 2.76. The maximum atomic E-state index is 12.5. The van der Waals surface area contributed by atoms with Crippen LogP contribution in [0.5, 0.6) is 0 Å². The van der Waals surface area contributed by atoms with Crippen molar-refractivity contribution in [3.8, 4) is 0 Å². The van der Waals surface area contributed by atoms with Crippen molar-refractivity contribution in [2.75, 3.05) is 19.0 Å². The van der Waals surface area contributed by atoms with Crippen molar-refractivity contribution in [2.24, 2.45) is 0 Å². The number of fused-ring (bicyclic) bond motifs is 1. The number of aromatic nitrogens is 1. The number of esters is 1. The molecule has 3 rings (SSSR count). The molecule has 0 fully saturated rings. The third-order valence-corrected chi connectivity index (χ3v) is 4.26. The monoisotopic (exact) mass is 379 g/mol. The van der Waals surface area contributed by atoms with E-state index >= 15 is 0 Å². The van der Waals surface area contributed by atoms with Crippen LogP contribution < -0.4 is 10.6 Å². The number of aryl methyl sites for hydroxylation is 1. The van der Waals surface area contributed by atoms with Crippen LogP contribution in [0.15, 0.2) is 48.5 Å². The average molecular weight is 379 g/mol. The summed E-state index contributed by atoms with van der Waals surface area (Å²) in [6.07, 6.45) is 0.132. The fraction of sp³-hybridized carbons (Fsp3) is 0.190. The lowest BCUT2D eigenvalue weighted by Gasteiger charge is -2.06. The molecule has 0 aliphatic rings.